The summed E-state index contributed by atoms with van der Waals surface area (Å²) >= 11 is 6.60. The molecule has 0 spiro atoms. The quantitative estimate of drug-likeness (QED) is 0.340. The second-order valence-electron chi connectivity index (χ2n) is 8.95. The van der Waals surface area contributed by atoms with Crippen LogP contribution in [0.4, 0.5) is 15.8 Å². The smallest absolute Gasteiger partial charge is 0.123 e. The van der Waals surface area contributed by atoms with Crippen molar-refractivity contribution in [2.24, 2.45) is 5.41 Å². The van der Waals surface area contributed by atoms with Gasteiger partial charge in [-0.05, 0) is 35.2 Å². The number of pyridine rings is 1. The fourth-order valence-electron chi connectivity index (χ4n) is 3.47. The Hall–Kier alpha value is -3.70. The maximum Gasteiger partial charge on any atom is 0.123 e. The van der Waals surface area contributed by atoms with Crippen LogP contribution >= 0.6 is 11.6 Å². The van der Waals surface area contributed by atoms with E-state index in [-0.39, 0.29) is 11.2 Å². The number of hydrogen-bond donors (Lipinski definition) is 3. The Balaban J connectivity index is 1.79. The lowest BCUT2D eigenvalue weighted by atomic mass is 9.96. The van der Waals surface area contributed by atoms with Crippen LogP contribution in [-0.4, -0.2) is 26.9 Å². The number of H-pyrrole nitrogens is 1. The molecule has 1 unspecified atom stereocenters. The molecule has 7 nitrogen and oxygen atoms in total. The molecule has 2 aromatic carbocycles. The molecule has 4 rings (SSSR count). The number of halogens is 2. The molecule has 0 saturated carbocycles. The Morgan fingerprint density at radius 3 is 2.58 bits per heavy atom. The maximum absolute atomic E-state index is 13.5. The van der Waals surface area contributed by atoms with Gasteiger partial charge in [0.05, 0.1) is 34.0 Å². The Morgan fingerprint density at radius 2 is 1.94 bits per heavy atom. The number of nitrogens with one attached hydrogen (secondary N) is 3. The first kappa shape index (κ1) is 22.5. The van der Waals surface area contributed by atoms with Crippen molar-refractivity contribution in [3.05, 3.63) is 76.5 Å². The van der Waals surface area contributed by atoms with Gasteiger partial charge in [0.2, 0.25) is 0 Å². The minimum absolute atomic E-state index is 0.00258. The van der Waals surface area contributed by atoms with Crippen LogP contribution in [0, 0.1) is 22.6 Å². The molecule has 0 amide bonds. The number of nitriles is 1. The molecule has 4 aromatic rings. The third-order valence-electron chi connectivity index (χ3n) is 5.08. The first-order valence-electron chi connectivity index (χ1n) is 10.4. The second kappa shape index (κ2) is 9.04. The van der Waals surface area contributed by atoms with Crippen LogP contribution in [-0.2, 0) is 0 Å². The molecule has 0 fully saturated rings. The van der Waals surface area contributed by atoms with Crippen molar-refractivity contribution < 1.29 is 4.39 Å². The fourth-order valence-corrected chi connectivity index (χ4v) is 3.74. The van der Waals surface area contributed by atoms with E-state index in [2.05, 4.69) is 57.9 Å². The van der Waals surface area contributed by atoms with Crippen molar-refractivity contribution in [1.82, 2.24) is 20.4 Å². The van der Waals surface area contributed by atoms with Crippen LogP contribution < -0.4 is 10.6 Å². The van der Waals surface area contributed by atoms with E-state index >= 15 is 0 Å². The Morgan fingerprint density at radius 1 is 1.18 bits per heavy atom. The fraction of sp³-hybridized carbons (Fsp3) is 0.250. The van der Waals surface area contributed by atoms with Crippen molar-refractivity contribution in [2.75, 3.05) is 17.2 Å². The molecule has 0 bridgehead atoms. The predicted octanol–water partition coefficient (Wildman–Crippen LogP) is 5.68. The number of aromatic amines is 1. The third-order valence-corrected chi connectivity index (χ3v) is 5.37. The van der Waals surface area contributed by atoms with Gasteiger partial charge in [-0.3, -0.25) is 4.98 Å². The minimum atomic E-state index is -0.407. The van der Waals surface area contributed by atoms with E-state index in [1.807, 2.05) is 6.07 Å². The van der Waals surface area contributed by atoms with Gasteiger partial charge < -0.3 is 10.6 Å². The van der Waals surface area contributed by atoms with E-state index in [0.29, 0.717) is 39.7 Å². The zero-order valence-corrected chi connectivity index (χ0v) is 19.2. The Bertz CT molecular complexity index is 1310. The second-order valence-corrected chi connectivity index (χ2v) is 9.36. The lowest BCUT2D eigenvalue weighted by molar-refractivity contribution is 0.443. The molecule has 2 heterocycles. The number of hydrogen-bond acceptors (Lipinski definition) is 6. The first-order valence-corrected chi connectivity index (χ1v) is 10.8. The normalized spacial score (nSPS) is 12.4. The van der Waals surface area contributed by atoms with Crippen LogP contribution in [0.2, 0.25) is 5.02 Å². The lowest BCUT2D eigenvalue weighted by Gasteiger charge is -2.22. The molecule has 2 aromatic heterocycles. The highest BCUT2D eigenvalue weighted by atomic mass is 35.5. The molecule has 0 aliphatic heterocycles. The van der Waals surface area contributed by atoms with Gasteiger partial charge in [0.15, 0.2) is 0 Å². The van der Waals surface area contributed by atoms with Crippen LogP contribution in [0.3, 0.4) is 0 Å². The van der Waals surface area contributed by atoms with Gasteiger partial charge in [0.25, 0.3) is 0 Å². The van der Waals surface area contributed by atoms with E-state index in [4.69, 9.17) is 11.6 Å². The van der Waals surface area contributed by atoms with Crippen molar-refractivity contribution >= 4 is 33.9 Å². The predicted molar refractivity (Wildman–Crippen MR) is 128 cm³/mol. The summed E-state index contributed by atoms with van der Waals surface area (Å²) in [6.07, 6.45) is 3.14. The number of fused-ring (bicyclic) bond motifs is 1. The van der Waals surface area contributed by atoms with E-state index < -0.39 is 6.04 Å². The van der Waals surface area contributed by atoms with Gasteiger partial charge >= 0.3 is 0 Å². The zero-order valence-electron chi connectivity index (χ0n) is 18.4. The van der Waals surface area contributed by atoms with Crippen molar-refractivity contribution in [3.63, 3.8) is 0 Å². The van der Waals surface area contributed by atoms with Gasteiger partial charge in [0, 0.05) is 23.8 Å². The van der Waals surface area contributed by atoms with Gasteiger partial charge in [-0.2, -0.15) is 20.7 Å². The molecular weight excluding hydrogens is 441 g/mol. The van der Waals surface area contributed by atoms with Crippen molar-refractivity contribution in [2.45, 2.75) is 26.8 Å². The molecule has 168 valence electrons. The highest BCUT2D eigenvalue weighted by Gasteiger charge is 2.20. The summed E-state index contributed by atoms with van der Waals surface area (Å²) in [7, 11) is 0. The number of anilines is 2. The highest BCUT2D eigenvalue weighted by molar-refractivity contribution is 6.35. The van der Waals surface area contributed by atoms with Crippen LogP contribution in [0.1, 0.15) is 43.6 Å². The summed E-state index contributed by atoms with van der Waals surface area (Å²) in [6, 6.07) is 11.7. The summed E-state index contributed by atoms with van der Waals surface area (Å²) in [5.74, 6) is -0.323. The Labute approximate surface area is 196 Å². The van der Waals surface area contributed by atoms with Gasteiger partial charge in [-0.15, -0.1) is 0 Å². The standard InChI is InChI=1S/C24H23ClFN7/c1-24(2,3)13-29-21-15(10-27)11-28-23-18(21)8-17(9-19(23)25)31-22(20-12-30-33-32-20)14-4-6-16(26)7-5-14/h4-9,11-12,22,31H,13H2,1-3H3,(H,28,29)(H,30,32,33). The average Bonchev–Trinajstić information content (AvgIpc) is 3.30. The summed E-state index contributed by atoms with van der Waals surface area (Å²) in [4.78, 5) is 4.40. The number of nitrogens with zero attached hydrogens (tertiary/aromatic N) is 4. The Kier molecular flexibility index (Phi) is 6.16. The molecular formula is C24H23ClFN7. The van der Waals surface area contributed by atoms with E-state index in [0.717, 1.165) is 10.9 Å². The molecule has 0 aliphatic carbocycles. The summed E-state index contributed by atoms with van der Waals surface area (Å²) in [5, 5.41) is 28.4. The summed E-state index contributed by atoms with van der Waals surface area (Å²) in [6.45, 7) is 7.00. The number of aromatic nitrogens is 4. The molecule has 3 N–H and O–H groups in total. The molecule has 1 atom stereocenters. The monoisotopic (exact) mass is 463 g/mol. The molecule has 0 saturated heterocycles. The molecule has 0 radical (unpaired) electrons. The maximum atomic E-state index is 13.5. The van der Waals surface area contributed by atoms with Crippen LogP contribution in [0.25, 0.3) is 10.9 Å². The molecule has 9 heteroatoms. The third kappa shape index (κ3) is 5.04. The summed E-state index contributed by atoms with van der Waals surface area (Å²) < 4.78 is 13.5. The number of rotatable bonds is 6. The number of benzene rings is 2. The lowest BCUT2D eigenvalue weighted by Crippen LogP contribution is -2.20. The van der Waals surface area contributed by atoms with E-state index in [9.17, 15) is 9.65 Å². The van der Waals surface area contributed by atoms with Gasteiger partial charge in [-0.1, -0.05) is 44.5 Å². The van der Waals surface area contributed by atoms with Crippen molar-refractivity contribution in [1.29, 1.82) is 5.26 Å². The topological polar surface area (TPSA) is 102 Å². The average molecular weight is 464 g/mol. The first-order chi connectivity index (χ1) is 15.7. The van der Waals surface area contributed by atoms with Gasteiger partial charge in [0.1, 0.15) is 17.6 Å². The summed E-state index contributed by atoms with van der Waals surface area (Å²) in [5.41, 5.74) is 3.85. The van der Waals surface area contributed by atoms with E-state index in [1.165, 1.54) is 18.3 Å². The SMILES string of the molecule is CC(C)(C)CNc1c(C#N)cnc2c(Cl)cc(NC(c3ccc(F)cc3)c3cn[nH]n3)cc12. The van der Waals surface area contributed by atoms with Crippen LogP contribution in [0.15, 0.2) is 48.8 Å². The highest BCUT2D eigenvalue weighted by Crippen LogP contribution is 2.35. The largest absolute Gasteiger partial charge is 0.383 e. The zero-order chi connectivity index (χ0) is 23.6. The van der Waals surface area contributed by atoms with Crippen molar-refractivity contribution in [3.8, 4) is 6.07 Å². The molecule has 0 aliphatic rings. The van der Waals surface area contributed by atoms with Gasteiger partial charge in [-0.25, -0.2) is 4.39 Å². The molecule has 33 heavy (non-hydrogen) atoms. The minimum Gasteiger partial charge on any atom is -0.383 e. The van der Waals surface area contributed by atoms with Crippen LogP contribution in [0.5, 0.6) is 0 Å². The van der Waals surface area contributed by atoms with E-state index in [1.54, 1.807) is 24.4 Å².